The quantitative estimate of drug-likeness (QED) is 0.655. The standard InChI is InChI=1S/C21H19BrO3/c1-24-19-11-15(12-20(13-19)25-2)10-17-6-5-16(21(17)23)9-14-3-7-18(22)8-4-14/h3-4,7-13H,5-6H2,1-2H3. The molecule has 4 heteroatoms. The van der Waals surface area contributed by atoms with Gasteiger partial charge in [0.2, 0.25) is 0 Å². The van der Waals surface area contributed by atoms with E-state index in [4.69, 9.17) is 9.47 Å². The van der Waals surface area contributed by atoms with Crippen molar-refractivity contribution in [3.05, 3.63) is 69.2 Å². The summed E-state index contributed by atoms with van der Waals surface area (Å²) >= 11 is 3.42. The highest BCUT2D eigenvalue weighted by Gasteiger charge is 2.23. The molecule has 1 saturated carbocycles. The minimum absolute atomic E-state index is 0.115. The van der Waals surface area contributed by atoms with Crippen molar-refractivity contribution in [1.82, 2.24) is 0 Å². The Labute approximate surface area is 156 Å². The Morgan fingerprint density at radius 2 is 1.36 bits per heavy atom. The molecular weight excluding hydrogens is 380 g/mol. The zero-order valence-corrected chi connectivity index (χ0v) is 15.8. The number of hydrogen-bond donors (Lipinski definition) is 0. The first-order valence-corrected chi connectivity index (χ1v) is 8.83. The highest BCUT2D eigenvalue weighted by molar-refractivity contribution is 9.10. The number of ether oxygens (including phenoxy) is 2. The molecule has 2 aromatic rings. The van der Waals surface area contributed by atoms with E-state index in [-0.39, 0.29) is 5.78 Å². The highest BCUT2D eigenvalue weighted by Crippen LogP contribution is 2.31. The first-order valence-electron chi connectivity index (χ1n) is 8.03. The van der Waals surface area contributed by atoms with Crippen molar-refractivity contribution < 1.29 is 14.3 Å². The van der Waals surface area contributed by atoms with Crippen LogP contribution in [0, 0.1) is 0 Å². The van der Waals surface area contributed by atoms with Gasteiger partial charge in [-0.2, -0.15) is 0 Å². The fourth-order valence-electron chi connectivity index (χ4n) is 2.85. The third-order valence-corrected chi connectivity index (χ3v) is 4.70. The Morgan fingerprint density at radius 1 is 0.840 bits per heavy atom. The van der Waals surface area contributed by atoms with Gasteiger partial charge in [0, 0.05) is 21.7 Å². The maximum atomic E-state index is 12.7. The lowest BCUT2D eigenvalue weighted by Gasteiger charge is -2.06. The maximum Gasteiger partial charge on any atom is 0.185 e. The topological polar surface area (TPSA) is 35.5 Å². The lowest BCUT2D eigenvalue weighted by atomic mass is 10.1. The molecule has 0 bridgehead atoms. The Kier molecular flexibility index (Phi) is 5.39. The molecule has 3 rings (SSSR count). The van der Waals surface area contributed by atoms with Crippen LogP contribution in [0.5, 0.6) is 11.5 Å². The monoisotopic (exact) mass is 398 g/mol. The van der Waals surface area contributed by atoms with Crippen molar-refractivity contribution in [1.29, 1.82) is 0 Å². The molecule has 0 saturated heterocycles. The lowest BCUT2D eigenvalue weighted by molar-refractivity contribution is -0.111. The fourth-order valence-corrected chi connectivity index (χ4v) is 3.12. The summed E-state index contributed by atoms with van der Waals surface area (Å²) in [7, 11) is 3.23. The van der Waals surface area contributed by atoms with E-state index in [2.05, 4.69) is 15.9 Å². The number of Topliss-reactive ketones (excluding diaryl/α,β-unsaturated/α-hetero) is 1. The van der Waals surface area contributed by atoms with E-state index in [0.29, 0.717) is 11.5 Å². The normalized spacial score (nSPS) is 17.3. The molecule has 3 nitrogen and oxygen atoms in total. The van der Waals surface area contributed by atoms with Gasteiger partial charge in [-0.1, -0.05) is 28.1 Å². The summed E-state index contributed by atoms with van der Waals surface area (Å²) in [5.41, 5.74) is 3.61. The Bertz CT molecular complexity index is 826. The fraction of sp³-hybridized carbons (Fsp3) is 0.190. The van der Waals surface area contributed by atoms with Crippen molar-refractivity contribution in [2.45, 2.75) is 12.8 Å². The molecule has 0 atom stereocenters. The molecule has 1 aliphatic rings. The zero-order chi connectivity index (χ0) is 17.8. The van der Waals surface area contributed by atoms with Crippen molar-refractivity contribution in [3.63, 3.8) is 0 Å². The number of rotatable bonds is 4. The van der Waals surface area contributed by atoms with Crippen LogP contribution in [0.3, 0.4) is 0 Å². The van der Waals surface area contributed by atoms with Gasteiger partial charge in [-0.3, -0.25) is 4.79 Å². The summed E-state index contributed by atoms with van der Waals surface area (Å²) in [6.07, 6.45) is 5.42. The third-order valence-electron chi connectivity index (χ3n) is 4.17. The number of hydrogen-bond acceptors (Lipinski definition) is 3. The van der Waals surface area contributed by atoms with Crippen LogP contribution in [0.15, 0.2) is 58.1 Å². The van der Waals surface area contributed by atoms with Crippen LogP contribution in [-0.2, 0) is 4.79 Å². The first kappa shape index (κ1) is 17.5. The van der Waals surface area contributed by atoms with Gasteiger partial charge in [0.1, 0.15) is 11.5 Å². The number of benzene rings is 2. The van der Waals surface area contributed by atoms with Crippen LogP contribution in [0.25, 0.3) is 12.2 Å². The van der Waals surface area contributed by atoms with Gasteiger partial charge in [-0.15, -0.1) is 0 Å². The van der Waals surface area contributed by atoms with Crippen LogP contribution < -0.4 is 9.47 Å². The Balaban J connectivity index is 1.86. The van der Waals surface area contributed by atoms with Gasteiger partial charge >= 0.3 is 0 Å². The largest absolute Gasteiger partial charge is 0.497 e. The molecule has 1 fully saturated rings. The molecule has 0 amide bonds. The predicted octanol–water partition coefficient (Wildman–Crippen LogP) is 5.30. The second-order valence-electron chi connectivity index (χ2n) is 5.87. The highest BCUT2D eigenvalue weighted by atomic mass is 79.9. The molecule has 2 aromatic carbocycles. The Morgan fingerprint density at radius 3 is 1.88 bits per heavy atom. The van der Waals surface area contributed by atoms with Gasteiger partial charge in [-0.25, -0.2) is 0 Å². The van der Waals surface area contributed by atoms with Crippen LogP contribution in [0.1, 0.15) is 24.0 Å². The Hall–Kier alpha value is -2.33. The van der Waals surface area contributed by atoms with E-state index in [1.54, 1.807) is 14.2 Å². The first-order chi connectivity index (χ1) is 12.1. The van der Waals surface area contributed by atoms with Crippen LogP contribution in [0.2, 0.25) is 0 Å². The molecule has 128 valence electrons. The molecule has 1 aliphatic carbocycles. The van der Waals surface area contributed by atoms with Gasteiger partial charge in [-0.05, 0) is 60.4 Å². The second-order valence-corrected chi connectivity index (χ2v) is 6.78. The van der Waals surface area contributed by atoms with E-state index in [0.717, 1.165) is 39.6 Å². The van der Waals surface area contributed by atoms with Crippen LogP contribution in [0.4, 0.5) is 0 Å². The molecule has 0 aliphatic heterocycles. The molecule has 0 aromatic heterocycles. The van der Waals surface area contributed by atoms with E-state index in [1.807, 2.05) is 54.6 Å². The maximum absolute atomic E-state index is 12.7. The average Bonchev–Trinajstić information content (AvgIpc) is 2.96. The summed E-state index contributed by atoms with van der Waals surface area (Å²) in [5, 5.41) is 0. The molecule has 0 spiro atoms. The minimum atomic E-state index is 0.115. The third kappa shape index (κ3) is 4.20. The van der Waals surface area contributed by atoms with Crippen molar-refractivity contribution in [3.8, 4) is 11.5 Å². The summed E-state index contributed by atoms with van der Waals surface area (Å²) in [5.74, 6) is 1.54. The summed E-state index contributed by atoms with van der Waals surface area (Å²) in [4.78, 5) is 12.7. The SMILES string of the molecule is COc1cc(C=C2CCC(=Cc3ccc(Br)cc3)C2=O)cc(OC)c1. The molecular formula is C21H19BrO3. The zero-order valence-electron chi connectivity index (χ0n) is 14.2. The van der Waals surface area contributed by atoms with Gasteiger partial charge in [0.15, 0.2) is 5.78 Å². The predicted molar refractivity (Wildman–Crippen MR) is 104 cm³/mol. The summed E-state index contributed by atoms with van der Waals surface area (Å²) in [6, 6.07) is 13.6. The van der Waals surface area contributed by atoms with Crippen molar-refractivity contribution in [2.24, 2.45) is 0 Å². The summed E-state index contributed by atoms with van der Waals surface area (Å²) < 4.78 is 11.6. The van der Waals surface area contributed by atoms with Crippen LogP contribution in [-0.4, -0.2) is 20.0 Å². The molecule has 0 heterocycles. The second kappa shape index (κ2) is 7.70. The van der Waals surface area contributed by atoms with E-state index >= 15 is 0 Å². The van der Waals surface area contributed by atoms with E-state index in [1.165, 1.54) is 0 Å². The van der Waals surface area contributed by atoms with Gasteiger partial charge in [0.25, 0.3) is 0 Å². The van der Waals surface area contributed by atoms with Crippen molar-refractivity contribution in [2.75, 3.05) is 14.2 Å². The number of halogens is 1. The number of carbonyl (C=O) groups is 1. The molecule has 0 N–H and O–H groups in total. The van der Waals surface area contributed by atoms with Gasteiger partial charge < -0.3 is 9.47 Å². The molecule has 0 radical (unpaired) electrons. The average molecular weight is 399 g/mol. The number of methoxy groups -OCH3 is 2. The molecule has 0 unspecified atom stereocenters. The lowest BCUT2D eigenvalue weighted by Crippen LogP contribution is -1.96. The number of carbonyl (C=O) groups excluding carboxylic acids is 1. The van der Waals surface area contributed by atoms with E-state index in [9.17, 15) is 4.79 Å². The van der Waals surface area contributed by atoms with Crippen molar-refractivity contribution >= 4 is 33.9 Å². The molecule has 25 heavy (non-hydrogen) atoms. The minimum Gasteiger partial charge on any atom is -0.497 e. The smallest absolute Gasteiger partial charge is 0.185 e. The number of ketones is 1. The van der Waals surface area contributed by atoms with Gasteiger partial charge in [0.05, 0.1) is 14.2 Å². The summed E-state index contributed by atoms with van der Waals surface area (Å²) in [6.45, 7) is 0. The number of allylic oxidation sites excluding steroid dienone is 2. The van der Waals surface area contributed by atoms with E-state index < -0.39 is 0 Å². The van der Waals surface area contributed by atoms with Crippen LogP contribution >= 0.6 is 15.9 Å².